The van der Waals surface area contributed by atoms with Crippen LogP contribution in [0.5, 0.6) is 0 Å². The van der Waals surface area contributed by atoms with Gasteiger partial charge in [-0.15, -0.1) is 34.0 Å². The summed E-state index contributed by atoms with van der Waals surface area (Å²) in [5.41, 5.74) is 22.1. The Morgan fingerprint density at radius 2 is 0.479 bits per heavy atom. The minimum Gasteiger partial charge on any atom is -0.249 e. The fraction of sp³-hybridized carbons (Fsp3) is 0.0727. The molecular formula is C110H76N6S3. The molecule has 0 fully saturated rings. The number of aromatic nitrogens is 6. The lowest BCUT2D eigenvalue weighted by Gasteiger charge is -2.23. The van der Waals surface area contributed by atoms with Crippen molar-refractivity contribution in [2.24, 2.45) is 0 Å². The number of hydrogen-bond donors (Lipinski definition) is 0. The van der Waals surface area contributed by atoms with Crippen molar-refractivity contribution in [3.63, 3.8) is 0 Å². The first-order chi connectivity index (χ1) is 58.4. The molecule has 0 amide bonds. The maximum absolute atomic E-state index is 5.46. The van der Waals surface area contributed by atoms with Crippen LogP contribution in [-0.2, 0) is 5.41 Å². The quantitative estimate of drug-likeness (QED) is 0.148. The number of thiophene rings is 3. The molecule has 0 aliphatic carbocycles. The predicted octanol–water partition coefficient (Wildman–Crippen LogP) is 31.6. The van der Waals surface area contributed by atoms with Crippen molar-refractivity contribution < 1.29 is 0 Å². The second kappa shape index (κ2) is 28.8. The Morgan fingerprint density at radius 3 is 0.824 bits per heavy atom. The highest BCUT2D eigenvalue weighted by Crippen LogP contribution is 2.48. The van der Waals surface area contributed by atoms with Gasteiger partial charge in [-0.1, -0.05) is 344 Å². The van der Waals surface area contributed by atoms with E-state index >= 15 is 0 Å². The second-order valence-corrected chi connectivity index (χ2v) is 35.5. The van der Waals surface area contributed by atoms with E-state index in [1.54, 1.807) is 0 Å². The molecule has 0 spiro atoms. The maximum Gasteiger partial charge on any atom is 0.0979 e. The van der Waals surface area contributed by atoms with E-state index in [1.807, 2.05) is 34.0 Å². The molecule has 6 nitrogen and oxygen atoms in total. The van der Waals surface area contributed by atoms with E-state index < -0.39 is 0 Å². The van der Waals surface area contributed by atoms with Crippen molar-refractivity contribution in [1.29, 1.82) is 0 Å². The van der Waals surface area contributed by atoms with Gasteiger partial charge in [-0.05, 0) is 115 Å². The molecule has 0 saturated heterocycles. The van der Waals surface area contributed by atoms with Crippen LogP contribution in [0.25, 0.3) is 225 Å². The lowest BCUT2D eigenvalue weighted by atomic mass is 9.87. The largest absolute Gasteiger partial charge is 0.249 e. The molecule has 0 N–H and O–H groups in total. The molecule has 0 saturated carbocycles. The molecule has 0 radical (unpaired) electrons. The first kappa shape index (κ1) is 71.7. The summed E-state index contributed by atoms with van der Waals surface area (Å²) < 4.78 is 7.94. The highest BCUT2D eigenvalue weighted by molar-refractivity contribution is 7.27. The monoisotopic (exact) mass is 1580 g/mol. The van der Waals surface area contributed by atoms with Crippen LogP contribution in [0.4, 0.5) is 0 Å². The van der Waals surface area contributed by atoms with E-state index in [-0.39, 0.29) is 11.3 Å². The van der Waals surface area contributed by atoms with E-state index in [0.717, 1.165) is 116 Å². The molecule has 24 aromatic rings. The lowest BCUT2D eigenvalue weighted by molar-refractivity contribution is 0.571. The Morgan fingerprint density at radius 1 is 0.227 bits per heavy atom. The zero-order valence-electron chi connectivity index (χ0n) is 66.4. The first-order valence-electron chi connectivity index (χ1n) is 40.7. The average Bonchev–Trinajstić information content (AvgIpc) is 1.52. The molecular weight excluding hydrogens is 1500 g/mol. The molecule has 24 rings (SSSR count). The smallest absolute Gasteiger partial charge is 0.0979 e. The third kappa shape index (κ3) is 12.2. The molecule has 0 atom stereocenters. The maximum atomic E-state index is 5.46. The molecule has 0 aliphatic rings. The van der Waals surface area contributed by atoms with Crippen molar-refractivity contribution >= 4 is 192 Å². The van der Waals surface area contributed by atoms with Gasteiger partial charge in [0, 0.05) is 115 Å². The fourth-order valence-corrected chi connectivity index (χ4v) is 21.8. The Kier molecular flexibility index (Phi) is 17.4. The van der Waals surface area contributed by atoms with E-state index in [4.69, 9.17) is 29.9 Å². The molecule has 6 heterocycles. The van der Waals surface area contributed by atoms with Crippen LogP contribution in [0.15, 0.2) is 346 Å². The van der Waals surface area contributed by atoms with Crippen molar-refractivity contribution in [3.8, 4) is 67.2 Å². The number of fused-ring (bicyclic) bond motifs is 27. The Bertz CT molecular complexity index is 8310. The number of aryl methyl sites for hydroxylation is 1. The summed E-state index contributed by atoms with van der Waals surface area (Å²) in [6.45, 7) is 13.2. The minimum atomic E-state index is -0.190. The number of nitrogens with zero attached hydrogens (tertiary/aromatic N) is 6. The van der Waals surface area contributed by atoms with Crippen LogP contribution in [0.1, 0.15) is 57.6 Å². The second-order valence-electron chi connectivity index (χ2n) is 32.4. The Hall–Kier alpha value is -13.8. The predicted molar refractivity (Wildman–Crippen MR) is 512 cm³/mol. The van der Waals surface area contributed by atoms with Crippen molar-refractivity contribution in [1.82, 2.24) is 29.9 Å². The number of benzene rings is 18. The van der Waals surface area contributed by atoms with Crippen LogP contribution in [0.2, 0.25) is 0 Å². The van der Waals surface area contributed by atoms with Crippen LogP contribution >= 0.6 is 34.0 Å². The van der Waals surface area contributed by atoms with E-state index in [9.17, 15) is 0 Å². The van der Waals surface area contributed by atoms with Crippen LogP contribution < -0.4 is 0 Å². The molecule has 9 heteroatoms. The van der Waals surface area contributed by atoms with Crippen LogP contribution in [0.3, 0.4) is 0 Å². The number of hydrogen-bond acceptors (Lipinski definition) is 9. The van der Waals surface area contributed by atoms with Gasteiger partial charge in [-0.3, -0.25) is 0 Å². The molecule has 0 aliphatic heterocycles. The summed E-state index contributed by atoms with van der Waals surface area (Å²) >= 11 is 5.60. The molecule has 6 aromatic heterocycles. The molecule has 18 aromatic carbocycles. The number of rotatable bonds is 7. The summed E-state index contributed by atoms with van der Waals surface area (Å²) in [6.07, 6.45) is 0. The fourth-order valence-electron chi connectivity index (χ4n) is 18.1. The first-order valence-corrected chi connectivity index (χ1v) is 43.2. The van der Waals surface area contributed by atoms with E-state index in [0.29, 0.717) is 0 Å². The third-order valence-electron chi connectivity index (χ3n) is 23.7. The van der Waals surface area contributed by atoms with Gasteiger partial charge in [0.05, 0.1) is 67.3 Å². The van der Waals surface area contributed by atoms with Crippen molar-refractivity contribution in [3.05, 3.63) is 363 Å². The molecule has 564 valence electrons. The summed E-state index contributed by atoms with van der Waals surface area (Å²) in [5.74, 6) is 0.229. The van der Waals surface area contributed by atoms with Crippen molar-refractivity contribution in [2.75, 3.05) is 0 Å². The van der Waals surface area contributed by atoms with Crippen LogP contribution in [-0.4, -0.2) is 29.9 Å². The van der Waals surface area contributed by atoms with Gasteiger partial charge in [0.25, 0.3) is 0 Å². The van der Waals surface area contributed by atoms with E-state index in [1.165, 1.54) is 126 Å². The standard InChI is InChI=1S/C38H28N2S.C37H26N2S.C35H22N2S/c1-38(2,3)37-33(39-34-29-17-6-4-14-26(29)27-15-5-7-18-30(27)35(34)40-37)24-13-10-12-23(22-24)25-19-11-20-31-28-16-8-9-21-32(28)41-36(25)31;1-22(2)33-34(39-36-30-17-6-4-14-27(30)26-13-3-5-16-29(26)35(36)38-33)24-12-9-11-23(21-24)25-18-10-19-31-28-15-7-8-20-32(28)40-37(25)31;1-21-32(37-34-29-16-5-3-13-26(29)25-12-2-4-15-28(25)33(34)36-21)23-11-8-10-22(20-23)24-17-9-18-30-27-14-6-7-19-31(27)38-35(24)30/h4-22H,1-3H3;3-22H,1-2H3;2-20H,1H3. The van der Waals surface area contributed by atoms with Gasteiger partial charge < -0.3 is 0 Å². The van der Waals surface area contributed by atoms with Gasteiger partial charge in [0.2, 0.25) is 0 Å². The van der Waals surface area contributed by atoms with Gasteiger partial charge in [0.1, 0.15) is 0 Å². The van der Waals surface area contributed by atoms with Gasteiger partial charge in [-0.25, -0.2) is 29.9 Å². The molecule has 0 unspecified atom stereocenters. The lowest BCUT2D eigenvalue weighted by Crippen LogP contribution is -2.16. The van der Waals surface area contributed by atoms with Gasteiger partial charge >= 0.3 is 0 Å². The summed E-state index contributed by atoms with van der Waals surface area (Å²) in [6, 6.07) is 124. The average molecular weight is 1580 g/mol. The highest BCUT2D eigenvalue weighted by atomic mass is 32.1. The van der Waals surface area contributed by atoms with Crippen molar-refractivity contribution in [2.45, 2.75) is 52.9 Å². The summed E-state index contributed by atoms with van der Waals surface area (Å²) in [5, 5.41) is 22.1. The highest BCUT2D eigenvalue weighted by Gasteiger charge is 2.27. The Labute approximate surface area is 699 Å². The van der Waals surface area contributed by atoms with Gasteiger partial charge in [0.15, 0.2) is 0 Å². The summed E-state index contributed by atoms with van der Waals surface area (Å²) in [4.78, 5) is 32.1. The zero-order chi connectivity index (χ0) is 79.7. The van der Waals surface area contributed by atoms with Gasteiger partial charge in [-0.2, -0.15) is 0 Å². The van der Waals surface area contributed by atoms with Crippen LogP contribution in [0, 0.1) is 6.92 Å². The normalized spacial score (nSPS) is 12.0. The summed E-state index contributed by atoms with van der Waals surface area (Å²) in [7, 11) is 0. The minimum absolute atomic E-state index is 0.190. The third-order valence-corrected chi connectivity index (χ3v) is 27.3. The molecule has 0 bridgehead atoms. The Balaban J connectivity index is 0.000000107. The zero-order valence-corrected chi connectivity index (χ0v) is 68.8. The SMILES string of the molecule is CC(C)(C)c1nc2c3ccccc3c3ccccc3c2nc1-c1cccc(-c2cccc3c2sc2ccccc23)c1.CC(C)c1nc2c3ccccc3c3ccccc3c2nc1-c1cccc(-c2cccc3c2sc2ccccc23)c1.Cc1nc2c3ccccc3c3ccccc3c2nc1-c1cccc(-c2cccc3c2sc2ccccc23)c1. The van der Waals surface area contributed by atoms with E-state index in [2.05, 4.69) is 387 Å². The molecule has 119 heavy (non-hydrogen) atoms. The topological polar surface area (TPSA) is 77.3 Å².